The Kier molecular flexibility index (Phi) is 4.74. The van der Waals surface area contributed by atoms with Crippen molar-refractivity contribution in [2.75, 3.05) is 7.11 Å². The Labute approximate surface area is 154 Å². The molecule has 1 aromatic carbocycles. The Bertz CT molecular complexity index is 665. The quantitative estimate of drug-likeness (QED) is 0.796. The van der Waals surface area contributed by atoms with Crippen LogP contribution in [0.4, 0.5) is 0 Å². The Morgan fingerprint density at radius 2 is 1.73 bits per heavy atom. The molecule has 5 nitrogen and oxygen atoms in total. The highest BCUT2D eigenvalue weighted by Gasteiger charge is 2.51. The summed E-state index contributed by atoms with van der Waals surface area (Å²) in [5, 5.41) is 0. The van der Waals surface area contributed by atoms with E-state index >= 15 is 0 Å². The number of nitrogens with one attached hydrogen (secondary N) is 2. The van der Waals surface area contributed by atoms with Crippen molar-refractivity contribution in [3.05, 3.63) is 35.4 Å². The highest BCUT2D eigenvalue weighted by atomic mass is 16.5. The Morgan fingerprint density at radius 3 is 2.35 bits per heavy atom. The van der Waals surface area contributed by atoms with E-state index in [9.17, 15) is 9.59 Å². The first kappa shape index (κ1) is 17.5. The first-order valence-electron chi connectivity index (χ1n) is 9.72. The van der Waals surface area contributed by atoms with Gasteiger partial charge in [-0.3, -0.25) is 20.4 Å². The lowest BCUT2D eigenvalue weighted by atomic mass is 9.49. The Hall–Kier alpha value is -1.88. The molecule has 4 saturated carbocycles. The van der Waals surface area contributed by atoms with Crippen LogP contribution in [0.3, 0.4) is 0 Å². The number of benzene rings is 1. The SMILES string of the molecule is COCc1cccc(C(=O)NNC(=O)CC23CC4CC(CC(C4)C2)C3)c1. The van der Waals surface area contributed by atoms with Crippen LogP contribution in [-0.4, -0.2) is 18.9 Å². The fraction of sp³-hybridized carbons (Fsp3) is 0.619. The minimum atomic E-state index is -0.290. The van der Waals surface area contributed by atoms with E-state index in [4.69, 9.17) is 4.74 Å². The Morgan fingerprint density at radius 1 is 1.08 bits per heavy atom. The molecule has 0 saturated heterocycles. The van der Waals surface area contributed by atoms with E-state index in [-0.39, 0.29) is 17.2 Å². The number of rotatable bonds is 5. The van der Waals surface area contributed by atoms with Gasteiger partial charge in [-0.15, -0.1) is 0 Å². The molecular weight excluding hydrogens is 328 g/mol. The molecule has 0 atom stereocenters. The van der Waals surface area contributed by atoms with Crippen molar-refractivity contribution in [2.45, 2.75) is 51.6 Å². The van der Waals surface area contributed by atoms with Crippen LogP contribution in [0.25, 0.3) is 0 Å². The van der Waals surface area contributed by atoms with Gasteiger partial charge in [0, 0.05) is 19.1 Å². The molecule has 0 aliphatic heterocycles. The predicted molar refractivity (Wildman–Crippen MR) is 98.0 cm³/mol. The van der Waals surface area contributed by atoms with E-state index in [2.05, 4.69) is 10.9 Å². The fourth-order valence-electron chi connectivity index (χ4n) is 6.06. The third-order valence-corrected chi connectivity index (χ3v) is 6.52. The number of hydrogen-bond acceptors (Lipinski definition) is 3. The molecule has 0 radical (unpaired) electrons. The number of carbonyl (C=O) groups excluding carboxylic acids is 2. The van der Waals surface area contributed by atoms with Crippen molar-refractivity contribution in [3.8, 4) is 0 Å². The van der Waals surface area contributed by atoms with Gasteiger partial charge in [0.1, 0.15) is 0 Å². The van der Waals surface area contributed by atoms with Gasteiger partial charge in [-0.2, -0.15) is 0 Å². The van der Waals surface area contributed by atoms with E-state index in [1.807, 2.05) is 12.1 Å². The zero-order valence-corrected chi connectivity index (χ0v) is 15.4. The summed E-state index contributed by atoms with van der Waals surface area (Å²) >= 11 is 0. The highest BCUT2D eigenvalue weighted by molar-refractivity contribution is 5.95. The minimum Gasteiger partial charge on any atom is -0.380 e. The van der Waals surface area contributed by atoms with Gasteiger partial charge in [-0.05, 0) is 79.4 Å². The maximum absolute atomic E-state index is 12.5. The zero-order valence-electron chi connectivity index (χ0n) is 15.4. The zero-order chi connectivity index (χ0) is 18.1. The van der Waals surface area contributed by atoms with Crippen molar-refractivity contribution < 1.29 is 14.3 Å². The van der Waals surface area contributed by atoms with Gasteiger partial charge >= 0.3 is 0 Å². The first-order valence-corrected chi connectivity index (χ1v) is 9.72. The molecule has 4 aliphatic carbocycles. The molecule has 140 valence electrons. The van der Waals surface area contributed by atoms with Crippen LogP contribution in [0.1, 0.15) is 60.9 Å². The average molecular weight is 356 g/mol. The molecule has 1 aromatic rings. The largest absolute Gasteiger partial charge is 0.380 e. The maximum Gasteiger partial charge on any atom is 0.269 e. The summed E-state index contributed by atoms with van der Waals surface area (Å²) in [6.45, 7) is 0.458. The summed E-state index contributed by atoms with van der Waals surface area (Å²) in [5.74, 6) is 2.13. The van der Waals surface area contributed by atoms with Crippen LogP contribution in [-0.2, 0) is 16.1 Å². The van der Waals surface area contributed by atoms with Crippen LogP contribution >= 0.6 is 0 Å². The molecule has 4 fully saturated rings. The second-order valence-electron chi connectivity index (χ2n) is 8.73. The van der Waals surface area contributed by atoms with E-state index in [0.29, 0.717) is 18.6 Å². The van der Waals surface area contributed by atoms with Gasteiger partial charge in [0.05, 0.1) is 6.61 Å². The number of amides is 2. The lowest BCUT2D eigenvalue weighted by Crippen LogP contribution is -2.50. The molecule has 4 bridgehead atoms. The molecule has 2 N–H and O–H groups in total. The van der Waals surface area contributed by atoms with E-state index < -0.39 is 0 Å². The van der Waals surface area contributed by atoms with Crippen molar-refractivity contribution >= 4 is 11.8 Å². The van der Waals surface area contributed by atoms with Gasteiger partial charge < -0.3 is 4.74 Å². The highest BCUT2D eigenvalue weighted by Crippen LogP contribution is 2.61. The van der Waals surface area contributed by atoms with Crippen molar-refractivity contribution in [2.24, 2.45) is 23.2 Å². The molecule has 26 heavy (non-hydrogen) atoms. The molecular formula is C21H28N2O3. The van der Waals surface area contributed by atoms with Gasteiger partial charge in [0.2, 0.25) is 5.91 Å². The molecule has 2 amide bonds. The van der Waals surface area contributed by atoms with Gasteiger partial charge in [-0.25, -0.2) is 0 Å². The van der Waals surface area contributed by atoms with Gasteiger partial charge in [0.15, 0.2) is 0 Å². The fourth-order valence-corrected chi connectivity index (χ4v) is 6.06. The molecule has 4 aliphatic rings. The summed E-state index contributed by atoms with van der Waals surface area (Å²) < 4.78 is 5.09. The van der Waals surface area contributed by atoms with E-state index in [0.717, 1.165) is 23.3 Å². The van der Waals surface area contributed by atoms with E-state index in [1.165, 1.54) is 38.5 Å². The number of hydrogen-bond donors (Lipinski definition) is 2. The summed E-state index contributed by atoms with van der Waals surface area (Å²) in [5.41, 5.74) is 6.84. The Balaban J connectivity index is 1.31. The number of hydrazine groups is 1. The minimum absolute atomic E-state index is 0.0617. The molecule has 5 heteroatoms. The standard InChI is InChI=1S/C21H28N2O3/c1-26-13-14-3-2-4-18(8-14)20(25)23-22-19(24)12-21-9-15-5-16(10-21)7-17(6-15)11-21/h2-4,8,15-17H,5-7,9-13H2,1H3,(H,22,24)(H,23,25). The number of ether oxygens (including phenoxy) is 1. The topological polar surface area (TPSA) is 67.4 Å². The van der Waals surface area contributed by atoms with Crippen LogP contribution in [0.5, 0.6) is 0 Å². The summed E-state index contributed by atoms with van der Waals surface area (Å²) in [7, 11) is 1.62. The second kappa shape index (κ2) is 7.03. The molecule has 0 aromatic heterocycles. The summed E-state index contributed by atoms with van der Waals surface area (Å²) in [6.07, 6.45) is 8.24. The lowest BCUT2D eigenvalue weighted by Gasteiger charge is -2.56. The molecule has 0 unspecified atom stereocenters. The third kappa shape index (κ3) is 3.63. The summed E-state index contributed by atoms with van der Waals surface area (Å²) in [6, 6.07) is 7.25. The van der Waals surface area contributed by atoms with Crippen LogP contribution in [0.2, 0.25) is 0 Å². The molecule has 0 spiro atoms. The molecule has 5 rings (SSSR count). The third-order valence-electron chi connectivity index (χ3n) is 6.52. The monoisotopic (exact) mass is 356 g/mol. The van der Waals surface area contributed by atoms with Crippen LogP contribution in [0, 0.1) is 23.2 Å². The van der Waals surface area contributed by atoms with Crippen molar-refractivity contribution in [1.82, 2.24) is 10.9 Å². The first-order chi connectivity index (χ1) is 12.5. The van der Waals surface area contributed by atoms with Crippen molar-refractivity contribution in [3.63, 3.8) is 0 Å². The smallest absolute Gasteiger partial charge is 0.269 e. The lowest BCUT2D eigenvalue weighted by molar-refractivity contribution is -0.130. The van der Waals surface area contributed by atoms with E-state index in [1.54, 1.807) is 19.2 Å². The summed E-state index contributed by atoms with van der Waals surface area (Å²) in [4.78, 5) is 24.8. The average Bonchev–Trinajstić information content (AvgIpc) is 2.58. The van der Waals surface area contributed by atoms with Crippen LogP contribution < -0.4 is 10.9 Å². The van der Waals surface area contributed by atoms with Gasteiger partial charge in [-0.1, -0.05) is 12.1 Å². The van der Waals surface area contributed by atoms with Gasteiger partial charge in [0.25, 0.3) is 5.91 Å². The van der Waals surface area contributed by atoms with Crippen molar-refractivity contribution in [1.29, 1.82) is 0 Å². The number of carbonyl (C=O) groups is 2. The van der Waals surface area contributed by atoms with Crippen LogP contribution in [0.15, 0.2) is 24.3 Å². The maximum atomic E-state index is 12.5. The second-order valence-corrected chi connectivity index (χ2v) is 8.73. The molecule has 0 heterocycles. The number of methoxy groups -OCH3 is 1. The predicted octanol–water partition coefficient (Wildman–Crippen LogP) is 3.20. The normalized spacial score (nSPS) is 31.7.